The third-order valence-corrected chi connectivity index (χ3v) is 3.90. The molecule has 0 aliphatic heterocycles. The fourth-order valence-corrected chi connectivity index (χ4v) is 2.33. The highest BCUT2D eigenvalue weighted by Crippen LogP contribution is 2.19. The Bertz CT molecular complexity index is 678. The third-order valence-electron chi connectivity index (χ3n) is 3.90. The lowest BCUT2D eigenvalue weighted by molar-refractivity contribution is 0.0617. The molecule has 2 aromatic rings. The van der Waals surface area contributed by atoms with E-state index in [9.17, 15) is 5.11 Å². The van der Waals surface area contributed by atoms with E-state index in [0.29, 0.717) is 25.0 Å². The van der Waals surface area contributed by atoms with Gasteiger partial charge in [0.1, 0.15) is 12.1 Å². The fraction of sp³-hybridized carbons (Fsp3) is 0.474. The average molecular weight is 344 g/mol. The smallest absolute Gasteiger partial charge is 0.191 e. The molecule has 0 radical (unpaired) electrons. The van der Waals surface area contributed by atoms with Crippen molar-refractivity contribution in [2.75, 3.05) is 13.1 Å². The molecule has 0 aliphatic carbocycles. The van der Waals surface area contributed by atoms with Gasteiger partial charge in [-0.15, -0.1) is 0 Å². The van der Waals surface area contributed by atoms with Crippen molar-refractivity contribution in [1.82, 2.24) is 15.8 Å². The number of benzene rings is 1. The molecule has 2 rings (SSSR count). The van der Waals surface area contributed by atoms with Gasteiger partial charge in [-0.1, -0.05) is 49.3 Å². The molecule has 0 saturated carbocycles. The van der Waals surface area contributed by atoms with Gasteiger partial charge in [0.2, 0.25) is 0 Å². The maximum atomic E-state index is 10.7. The molecule has 3 N–H and O–H groups in total. The minimum absolute atomic E-state index is 0.328. The van der Waals surface area contributed by atoms with E-state index in [1.165, 1.54) is 0 Å². The summed E-state index contributed by atoms with van der Waals surface area (Å²) >= 11 is 0. The molecule has 1 atom stereocenters. The Kier molecular flexibility index (Phi) is 6.58. The van der Waals surface area contributed by atoms with Crippen LogP contribution in [-0.2, 0) is 12.1 Å². The Hall–Kier alpha value is -2.34. The van der Waals surface area contributed by atoms with Gasteiger partial charge >= 0.3 is 0 Å². The monoisotopic (exact) mass is 344 g/mol. The van der Waals surface area contributed by atoms with Crippen molar-refractivity contribution in [3.05, 3.63) is 53.4 Å². The first-order valence-electron chi connectivity index (χ1n) is 8.68. The number of nitrogens with zero attached hydrogens (tertiary/aromatic N) is 2. The second kappa shape index (κ2) is 8.67. The Morgan fingerprint density at radius 2 is 2.00 bits per heavy atom. The SMILES string of the molecule is CCNC(=NCc1cc(C(C)C)no1)NCC(C)(O)c1ccccc1. The van der Waals surface area contributed by atoms with E-state index in [-0.39, 0.29) is 0 Å². The topological polar surface area (TPSA) is 82.7 Å². The van der Waals surface area contributed by atoms with Gasteiger partial charge in [0.15, 0.2) is 11.7 Å². The maximum absolute atomic E-state index is 10.7. The molecule has 25 heavy (non-hydrogen) atoms. The number of aliphatic imine (C=N–C) groups is 1. The Labute approximate surface area is 149 Å². The van der Waals surface area contributed by atoms with E-state index in [1.807, 2.05) is 43.3 Å². The number of hydrogen-bond donors (Lipinski definition) is 3. The van der Waals surface area contributed by atoms with E-state index in [1.54, 1.807) is 6.92 Å². The first kappa shape index (κ1) is 19.0. The van der Waals surface area contributed by atoms with Gasteiger partial charge in [-0.05, 0) is 25.3 Å². The second-order valence-electron chi connectivity index (χ2n) is 6.56. The summed E-state index contributed by atoms with van der Waals surface area (Å²) in [5.74, 6) is 1.67. The van der Waals surface area contributed by atoms with Crippen LogP contribution in [0.15, 0.2) is 45.9 Å². The number of guanidine groups is 1. The quantitative estimate of drug-likeness (QED) is 0.531. The van der Waals surface area contributed by atoms with Crippen LogP contribution < -0.4 is 10.6 Å². The highest BCUT2D eigenvalue weighted by molar-refractivity contribution is 5.79. The normalized spacial score (nSPS) is 14.4. The highest BCUT2D eigenvalue weighted by Gasteiger charge is 2.23. The van der Waals surface area contributed by atoms with Crippen LogP contribution in [0.25, 0.3) is 0 Å². The summed E-state index contributed by atoms with van der Waals surface area (Å²) in [4.78, 5) is 4.50. The lowest BCUT2D eigenvalue weighted by atomic mass is 9.96. The van der Waals surface area contributed by atoms with Crippen LogP contribution in [0.2, 0.25) is 0 Å². The predicted molar refractivity (Wildman–Crippen MR) is 99.4 cm³/mol. The van der Waals surface area contributed by atoms with Crippen LogP contribution in [-0.4, -0.2) is 29.3 Å². The van der Waals surface area contributed by atoms with E-state index >= 15 is 0 Å². The number of aromatic nitrogens is 1. The van der Waals surface area contributed by atoms with Gasteiger partial charge in [-0.3, -0.25) is 0 Å². The van der Waals surface area contributed by atoms with Crippen LogP contribution >= 0.6 is 0 Å². The molecule has 0 amide bonds. The molecule has 0 saturated heterocycles. The first-order valence-corrected chi connectivity index (χ1v) is 8.68. The highest BCUT2D eigenvalue weighted by atomic mass is 16.5. The molecule has 1 aromatic carbocycles. The van der Waals surface area contributed by atoms with E-state index in [4.69, 9.17) is 4.52 Å². The zero-order chi connectivity index (χ0) is 18.3. The van der Waals surface area contributed by atoms with Crippen LogP contribution in [0.1, 0.15) is 50.6 Å². The Morgan fingerprint density at radius 3 is 2.60 bits per heavy atom. The largest absolute Gasteiger partial charge is 0.384 e. The van der Waals surface area contributed by atoms with Crippen molar-refractivity contribution in [3.8, 4) is 0 Å². The third kappa shape index (κ3) is 5.60. The van der Waals surface area contributed by atoms with E-state index < -0.39 is 5.60 Å². The minimum Gasteiger partial charge on any atom is -0.384 e. The molecule has 0 aliphatic rings. The molecular formula is C19H28N4O2. The summed E-state index contributed by atoms with van der Waals surface area (Å²) in [5, 5.41) is 21.1. The summed E-state index contributed by atoms with van der Waals surface area (Å²) in [7, 11) is 0. The molecule has 136 valence electrons. The van der Waals surface area contributed by atoms with Gasteiger partial charge in [0.25, 0.3) is 0 Å². The number of aliphatic hydroxyl groups is 1. The van der Waals surface area contributed by atoms with Crippen molar-refractivity contribution < 1.29 is 9.63 Å². The molecule has 1 heterocycles. The lowest BCUT2D eigenvalue weighted by Gasteiger charge is -2.25. The summed E-state index contributed by atoms with van der Waals surface area (Å²) in [6.07, 6.45) is 0. The number of hydrogen-bond acceptors (Lipinski definition) is 4. The molecule has 0 spiro atoms. The average Bonchev–Trinajstić information content (AvgIpc) is 3.07. The van der Waals surface area contributed by atoms with Crippen molar-refractivity contribution in [2.45, 2.75) is 45.8 Å². The standard InChI is InChI=1S/C19H28N4O2/c1-5-20-18(21-12-16-11-17(14(2)3)23-25-16)22-13-19(4,24)15-9-7-6-8-10-15/h6-11,14,24H,5,12-13H2,1-4H3,(H2,20,21,22). The van der Waals surface area contributed by atoms with Gasteiger partial charge in [-0.2, -0.15) is 0 Å². The predicted octanol–water partition coefficient (Wildman–Crippen LogP) is 2.76. The van der Waals surface area contributed by atoms with Crippen LogP contribution in [0, 0.1) is 0 Å². The molecule has 0 fully saturated rings. The van der Waals surface area contributed by atoms with Crippen molar-refractivity contribution >= 4 is 5.96 Å². The number of nitrogens with one attached hydrogen (secondary N) is 2. The zero-order valence-corrected chi connectivity index (χ0v) is 15.4. The van der Waals surface area contributed by atoms with Crippen LogP contribution in [0.5, 0.6) is 0 Å². The fourth-order valence-electron chi connectivity index (χ4n) is 2.33. The van der Waals surface area contributed by atoms with Crippen molar-refractivity contribution in [2.24, 2.45) is 4.99 Å². The summed E-state index contributed by atoms with van der Waals surface area (Å²) in [6.45, 7) is 9.39. The second-order valence-corrected chi connectivity index (χ2v) is 6.56. The first-order chi connectivity index (χ1) is 11.9. The molecule has 0 bridgehead atoms. The summed E-state index contributed by atoms with van der Waals surface area (Å²) in [6, 6.07) is 11.5. The summed E-state index contributed by atoms with van der Waals surface area (Å²) in [5.41, 5.74) is 0.791. The molecule has 1 unspecified atom stereocenters. The van der Waals surface area contributed by atoms with Gasteiger partial charge in [0, 0.05) is 12.6 Å². The van der Waals surface area contributed by atoms with Crippen molar-refractivity contribution in [3.63, 3.8) is 0 Å². The van der Waals surface area contributed by atoms with Crippen LogP contribution in [0.3, 0.4) is 0 Å². The molecule has 6 heteroatoms. The molecule has 1 aromatic heterocycles. The Balaban J connectivity index is 1.99. The van der Waals surface area contributed by atoms with Gasteiger partial charge in [-0.25, -0.2) is 4.99 Å². The van der Waals surface area contributed by atoms with Gasteiger partial charge in [0.05, 0.1) is 12.2 Å². The van der Waals surface area contributed by atoms with E-state index in [2.05, 4.69) is 34.6 Å². The molecule has 6 nitrogen and oxygen atoms in total. The van der Waals surface area contributed by atoms with Crippen LogP contribution in [0.4, 0.5) is 0 Å². The van der Waals surface area contributed by atoms with E-state index in [0.717, 1.165) is 23.6 Å². The molecular weight excluding hydrogens is 316 g/mol. The Morgan fingerprint density at radius 1 is 1.28 bits per heavy atom. The lowest BCUT2D eigenvalue weighted by Crippen LogP contribution is -2.44. The summed E-state index contributed by atoms with van der Waals surface area (Å²) < 4.78 is 5.31. The van der Waals surface area contributed by atoms with Crippen molar-refractivity contribution in [1.29, 1.82) is 0 Å². The number of rotatable bonds is 7. The minimum atomic E-state index is -0.992. The van der Waals surface area contributed by atoms with Gasteiger partial charge < -0.3 is 20.3 Å². The maximum Gasteiger partial charge on any atom is 0.191 e. The zero-order valence-electron chi connectivity index (χ0n) is 15.4.